The van der Waals surface area contributed by atoms with Crippen LogP contribution < -0.4 is 5.56 Å². The van der Waals surface area contributed by atoms with Crippen molar-refractivity contribution >= 4 is 28.7 Å². The molecule has 2 heterocycles. The number of amides is 1. The monoisotopic (exact) mass is 317 g/mol. The molecule has 1 amide bonds. The van der Waals surface area contributed by atoms with Crippen molar-refractivity contribution in [3.63, 3.8) is 0 Å². The fourth-order valence-electron chi connectivity index (χ4n) is 2.77. The van der Waals surface area contributed by atoms with Gasteiger partial charge in [-0.05, 0) is 32.0 Å². The van der Waals surface area contributed by atoms with Gasteiger partial charge < -0.3 is 9.47 Å². The van der Waals surface area contributed by atoms with Crippen LogP contribution >= 0.6 is 11.8 Å². The van der Waals surface area contributed by atoms with Gasteiger partial charge in [0.25, 0.3) is 11.5 Å². The minimum atomic E-state index is -0.0675. The van der Waals surface area contributed by atoms with Gasteiger partial charge in [0.15, 0.2) is 0 Å². The normalized spacial score (nSPS) is 15.3. The highest BCUT2D eigenvalue weighted by molar-refractivity contribution is 7.99. The highest BCUT2D eigenvalue weighted by Gasteiger charge is 2.19. The number of nitrogens with zero attached hydrogens (tertiary/aromatic N) is 3. The average molecular weight is 317 g/mol. The number of benzene rings is 1. The maximum absolute atomic E-state index is 12.6. The molecule has 6 heteroatoms. The van der Waals surface area contributed by atoms with Gasteiger partial charge >= 0.3 is 0 Å². The van der Waals surface area contributed by atoms with Crippen molar-refractivity contribution < 1.29 is 4.79 Å². The molecule has 5 nitrogen and oxygen atoms in total. The second-order valence-electron chi connectivity index (χ2n) is 5.35. The molecular weight excluding hydrogens is 298 g/mol. The smallest absolute Gasteiger partial charge is 0.272 e. The zero-order valence-electron chi connectivity index (χ0n) is 12.8. The zero-order chi connectivity index (χ0) is 15.7. The lowest BCUT2D eigenvalue weighted by molar-refractivity contribution is 0.0772. The Hall–Kier alpha value is -1.82. The molecule has 1 aromatic carbocycles. The van der Waals surface area contributed by atoms with Crippen molar-refractivity contribution in [2.45, 2.75) is 20.4 Å². The first-order valence-corrected chi connectivity index (χ1v) is 8.65. The standard InChI is InChI=1S/C16H19N3O2S/c1-3-19-14-5-4-12(10-13(14)17-11(2)15(19)20)16(21)18-6-8-22-9-7-18/h4-5,10H,3,6-9H2,1-2H3. The lowest BCUT2D eigenvalue weighted by atomic mass is 10.1. The molecule has 0 atom stereocenters. The third kappa shape index (κ3) is 2.63. The van der Waals surface area contributed by atoms with Gasteiger partial charge in [-0.2, -0.15) is 11.8 Å². The van der Waals surface area contributed by atoms with Crippen molar-refractivity contribution in [2.75, 3.05) is 24.6 Å². The van der Waals surface area contributed by atoms with Gasteiger partial charge in [-0.15, -0.1) is 0 Å². The minimum Gasteiger partial charge on any atom is -0.337 e. The number of hydrogen-bond acceptors (Lipinski definition) is 4. The van der Waals surface area contributed by atoms with E-state index in [0.29, 0.717) is 23.3 Å². The van der Waals surface area contributed by atoms with Crippen LogP contribution in [0.5, 0.6) is 0 Å². The van der Waals surface area contributed by atoms with Crippen LogP contribution in [0.1, 0.15) is 23.0 Å². The third-order valence-electron chi connectivity index (χ3n) is 3.97. The fraction of sp³-hybridized carbons (Fsp3) is 0.438. The molecule has 1 aliphatic rings. The maximum atomic E-state index is 12.6. The fourth-order valence-corrected chi connectivity index (χ4v) is 3.67. The highest BCUT2D eigenvalue weighted by atomic mass is 32.2. The van der Waals surface area contributed by atoms with Crippen LogP contribution in [0, 0.1) is 6.92 Å². The van der Waals surface area contributed by atoms with Gasteiger partial charge in [0.2, 0.25) is 0 Å². The van der Waals surface area contributed by atoms with Gasteiger partial charge in [-0.1, -0.05) is 0 Å². The van der Waals surface area contributed by atoms with Gasteiger partial charge in [0, 0.05) is 36.7 Å². The lowest BCUT2D eigenvalue weighted by Gasteiger charge is -2.26. The van der Waals surface area contributed by atoms with Crippen molar-refractivity contribution in [1.82, 2.24) is 14.5 Å². The number of rotatable bonds is 2. The summed E-state index contributed by atoms with van der Waals surface area (Å²) < 4.78 is 1.70. The minimum absolute atomic E-state index is 0.0518. The molecule has 0 aliphatic carbocycles. The second kappa shape index (κ2) is 6.12. The Balaban J connectivity index is 2.04. The predicted octanol–water partition coefficient (Wildman–Crippen LogP) is 1.91. The lowest BCUT2D eigenvalue weighted by Crippen LogP contribution is -2.37. The number of fused-ring (bicyclic) bond motifs is 1. The van der Waals surface area contributed by atoms with Crippen LogP contribution in [-0.2, 0) is 6.54 Å². The Morgan fingerprint density at radius 2 is 2.05 bits per heavy atom. The third-order valence-corrected chi connectivity index (χ3v) is 4.91. The van der Waals surface area contributed by atoms with E-state index >= 15 is 0 Å². The molecule has 1 fully saturated rings. The van der Waals surface area contributed by atoms with Crippen molar-refractivity contribution in [2.24, 2.45) is 0 Å². The molecule has 0 unspecified atom stereocenters. The van der Waals surface area contributed by atoms with Gasteiger partial charge in [-0.3, -0.25) is 9.59 Å². The number of hydrogen-bond donors (Lipinski definition) is 0. The summed E-state index contributed by atoms with van der Waals surface area (Å²) in [4.78, 5) is 30.9. The number of carbonyl (C=O) groups excluding carboxylic acids is 1. The van der Waals surface area contributed by atoms with Gasteiger partial charge in [0.1, 0.15) is 5.69 Å². The van der Waals surface area contributed by atoms with E-state index in [0.717, 1.165) is 30.1 Å². The molecule has 0 saturated carbocycles. The molecule has 0 N–H and O–H groups in total. The predicted molar refractivity (Wildman–Crippen MR) is 89.6 cm³/mol. The van der Waals surface area contributed by atoms with Crippen molar-refractivity contribution in [1.29, 1.82) is 0 Å². The molecule has 2 aromatic rings. The number of aryl methyl sites for hydroxylation is 2. The molecule has 0 radical (unpaired) electrons. The molecule has 1 aromatic heterocycles. The van der Waals surface area contributed by atoms with Crippen LogP contribution in [0.4, 0.5) is 0 Å². The summed E-state index contributed by atoms with van der Waals surface area (Å²) in [5, 5.41) is 0. The molecule has 3 rings (SSSR count). The molecule has 116 valence electrons. The Bertz CT molecular complexity index is 779. The quantitative estimate of drug-likeness (QED) is 0.849. The zero-order valence-corrected chi connectivity index (χ0v) is 13.7. The van der Waals surface area contributed by atoms with Crippen LogP contribution in [0.3, 0.4) is 0 Å². The summed E-state index contributed by atoms with van der Waals surface area (Å²) in [7, 11) is 0. The van der Waals surface area contributed by atoms with E-state index in [4.69, 9.17) is 0 Å². The van der Waals surface area contributed by atoms with E-state index in [1.807, 2.05) is 29.7 Å². The van der Waals surface area contributed by atoms with Gasteiger partial charge in [-0.25, -0.2) is 4.98 Å². The average Bonchev–Trinajstić information content (AvgIpc) is 2.56. The Morgan fingerprint density at radius 1 is 1.32 bits per heavy atom. The highest BCUT2D eigenvalue weighted by Crippen LogP contribution is 2.17. The van der Waals surface area contributed by atoms with Crippen LogP contribution in [0.25, 0.3) is 11.0 Å². The molecular formula is C16H19N3O2S. The van der Waals surface area contributed by atoms with E-state index in [1.54, 1.807) is 23.6 Å². The molecule has 1 saturated heterocycles. The SMILES string of the molecule is CCn1c(=O)c(C)nc2cc(C(=O)N3CCSCC3)ccc21. The topological polar surface area (TPSA) is 55.2 Å². The van der Waals surface area contributed by atoms with Crippen LogP contribution in [-0.4, -0.2) is 45.0 Å². The molecule has 0 bridgehead atoms. The molecule has 22 heavy (non-hydrogen) atoms. The summed E-state index contributed by atoms with van der Waals surface area (Å²) in [6.45, 7) is 5.83. The van der Waals surface area contributed by atoms with E-state index in [2.05, 4.69) is 4.98 Å². The first-order valence-electron chi connectivity index (χ1n) is 7.50. The molecule has 0 spiro atoms. The van der Waals surface area contributed by atoms with E-state index < -0.39 is 0 Å². The summed E-state index contributed by atoms with van der Waals surface area (Å²) in [5.74, 6) is 2.04. The maximum Gasteiger partial charge on any atom is 0.272 e. The summed E-state index contributed by atoms with van der Waals surface area (Å²) in [5.41, 5.74) is 2.53. The van der Waals surface area contributed by atoms with E-state index in [-0.39, 0.29) is 11.5 Å². The van der Waals surface area contributed by atoms with Gasteiger partial charge in [0.05, 0.1) is 11.0 Å². The number of aromatic nitrogens is 2. The Kier molecular flexibility index (Phi) is 4.20. The van der Waals surface area contributed by atoms with E-state index in [9.17, 15) is 9.59 Å². The van der Waals surface area contributed by atoms with E-state index in [1.165, 1.54) is 0 Å². The molecule has 1 aliphatic heterocycles. The number of thioether (sulfide) groups is 1. The number of carbonyl (C=O) groups is 1. The van der Waals surface area contributed by atoms with Crippen molar-refractivity contribution in [3.8, 4) is 0 Å². The first-order chi connectivity index (χ1) is 10.6. The van der Waals surface area contributed by atoms with Crippen LogP contribution in [0.2, 0.25) is 0 Å². The summed E-state index contributed by atoms with van der Waals surface area (Å²) >= 11 is 1.88. The Morgan fingerprint density at radius 3 is 2.73 bits per heavy atom. The van der Waals surface area contributed by atoms with Crippen LogP contribution in [0.15, 0.2) is 23.0 Å². The Labute approximate surface area is 133 Å². The summed E-state index contributed by atoms with van der Waals surface area (Å²) in [6.07, 6.45) is 0. The summed E-state index contributed by atoms with van der Waals surface area (Å²) in [6, 6.07) is 5.44. The first kappa shape index (κ1) is 15.1. The largest absolute Gasteiger partial charge is 0.337 e. The second-order valence-corrected chi connectivity index (χ2v) is 6.58. The van der Waals surface area contributed by atoms with Crippen molar-refractivity contribution in [3.05, 3.63) is 39.8 Å².